The van der Waals surface area contributed by atoms with Gasteiger partial charge in [0.2, 0.25) is 5.91 Å². The minimum absolute atomic E-state index is 0.135. The maximum absolute atomic E-state index is 14.2. The maximum Gasteiger partial charge on any atom is 0.409 e. The smallest absolute Gasteiger partial charge is 0.409 e. The summed E-state index contributed by atoms with van der Waals surface area (Å²) in [5.41, 5.74) is 4.18. The van der Waals surface area contributed by atoms with Crippen molar-refractivity contribution in [1.82, 2.24) is 14.7 Å². The van der Waals surface area contributed by atoms with E-state index in [4.69, 9.17) is 14.2 Å². The lowest BCUT2D eigenvalue weighted by Gasteiger charge is -2.52. The number of benzene rings is 3. The van der Waals surface area contributed by atoms with Gasteiger partial charge in [-0.15, -0.1) is 0 Å². The first kappa shape index (κ1) is 30.4. The Morgan fingerprint density at radius 3 is 1.98 bits per heavy atom. The normalized spacial score (nSPS) is 15.7. The molecule has 0 aliphatic carbocycles. The van der Waals surface area contributed by atoms with Gasteiger partial charge in [0, 0.05) is 45.7 Å². The Morgan fingerprint density at radius 2 is 1.42 bits per heavy atom. The maximum atomic E-state index is 14.2. The van der Waals surface area contributed by atoms with Crippen LogP contribution >= 0.6 is 0 Å². The molecule has 1 fully saturated rings. The van der Waals surface area contributed by atoms with Gasteiger partial charge in [-0.3, -0.25) is 9.69 Å². The third-order valence-corrected chi connectivity index (χ3v) is 8.79. The fourth-order valence-corrected chi connectivity index (χ4v) is 6.62. The van der Waals surface area contributed by atoms with Gasteiger partial charge in [-0.2, -0.15) is 0 Å². The van der Waals surface area contributed by atoms with Crippen molar-refractivity contribution in [2.75, 3.05) is 47.0 Å². The van der Waals surface area contributed by atoms with E-state index < -0.39 is 5.54 Å². The van der Waals surface area contributed by atoms with E-state index in [0.29, 0.717) is 63.5 Å². The van der Waals surface area contributed by atoms with Crippen molar-refractivity contribution < 1.29 is 23.8 Å². The van der Waals surface area contributed by atoms with Crippen LogP contribution < -0.4 is 9.47 Å². The molecule has 2 aliphatic heterocycles. The van der Waals surface area contributed by atoms with E-state index in [0.717, 1.165) is 25.1 Å². The van der Waals surface area contributed by atoms with Gasteiger partial charge in [0.1, 0.15) is 0 Å². The van der Waals surface area contributed by atoms with Crippen LogP contribution in [0, 0.1) is 0 Å². The second-order valence-electron chi connectivity index (χ2n) is 11.3. The predicted molar refractivity (Wildman–Crippen MR) is 166 cm³/mol. The molecule has 1 spiro atoms. The Hall–Kier alpha value is -4.04. The van der Waals surface area contributed by atoms with E-state index in [9.17, 15) is 9.59 Å². The molecule has 0 radical (unpaired) electrons. The summed E-state index contributed by atoms with van der Waals surface area (Å²) in [6.45, 7) is 5.99. The van der Waals surface area contributed by atoms with Crippen molar-refractivity contribution in [3.63, 3.8) is 0 Å². The molecule has 0 bridgehead atoms. The Balaban J connectivity index is 1.40. The number of carbonyl (C=O) groups excluding carboxylic acids is 2. The quantitative estimate of drug-likeness (QED) is 0.307. The van der Waals surface area contributed by atoms with Crippen molar-refractivity contribution in [3.05, 3.63) is 95.1 Å². The summed E-state index contributed by atoms with van der Waals surface area (Å²) in [4.78, 5) is 33.0. The van der Waals surface area contributed by atoms with E-state index >= 15 is 0 Å². The highest BCUT2D eigenvalue weighted by molar-refractivity contribution is 5.78. The molecule has 8 heteroatoms. The van der Waals surface area contributed by atoms with Crippen LogP contribution in [0.25, 0.3) is 0 Å². The summed E-state index contributed by atoms with van der Waals surface area (Å²) >= 11 is 0. The summed E-state index contributed by atoms with van der Waals surface area (Å²) in [6, 6.07) is 24.9. The van der Waals surface area contributed by atoms with Crippen LogP contribution in [0.15, 0.2) is 72.8 Å². The molecule has 5 rings (SSSR count). The Labute approximate surface area is 255 Å². The number of ether oxygens (including phenoxy) is 3. The molecule has 0 N–H and O–H groups in total. The number of likely N-dealkylation sites (tertiary alicyclic amines) is 1. The average molecular weight is 586 g/mol. The second kappa shape index (κ2) is 14.0. The molecule has 2 aliphatic rings. The van der Waals surface area contributed by atoms with Gasteiger partial charge in [-0.1, -0.05) is 60.7 Å². The Morgan fingerprint density at radius 1 is 0.837 bits per heavy atom. The first-order valence-electron chi connectivity index (χ1n) is 15.2. The Kier molecular flexibility index (Phi) is 9.87. The van der Waals surface area contributed by atoms with Gasteiger partial charge >= 0.3 is 6.09 Å². The highest BCUT2D eigenvalue weighted by atomic mass is 16.6. The van der Waals surface area contributed by atoms with Gasteiger partial charge in [0.05, 0.1) is 26.4 Å². The zero-order valence-electron chi connectivity index (χ0n) is 25.6. The van der Waals surface area contributed by atoms with Gasteiger partial charge < -0.3 is 24.0 Å². The van der Waals surface area contributed by atoms with Gasteiger partial charge in [-0.25, -0.2) is 4.79 Å². The lowest BCUT2D eigenvalue weighted by Crippen LogP contribution is -2.59. The minimum Gasteiger partial charge on any atom is -0.493 e. The molecular formula is C35H43N3O5. The number of piperidine rings is 1. The molecule has 2 amide bonds. The largest absolute Gasteiger partial charge is 0.493 e. The van der Waals surface area contributed by atoms with E-state index in [-0.39, 0.29) is 12.0 Å². The summed E-state index contributed by atoms with van der Waals surface area (Å²) in [5, 5.41) is 0. The molecule has 2 heterocycles. The molecule has 0 unspecified atom stereocenters. The van der Waals surface area contributed by atoms with Crippen molar-refractivity contribution >= 4 is 12.0 Å². The fourth-order valence-electron chi connectivity index (χ4n) is 6.62. The predicted octanol–water partition coefficient (Wildman–Crippen LogP) is 5.63. The molecule has 0 aromatic heterocycles. The van der Waals surface area contributed by atoms with Crippen LogP contribution in [0.3, 0.4) is 0 Å². The number of hydrogen-bond acceptors (Lipinski definition) is 6. The van der Waals surface area contributed by atoms with Crippen molar-refractivity contribution in [2.24, 2.45) is 0 Å². The summed E-state index contributed by atoms with van der Waals surface area (Å²) < 4.78 is 16.6. The SMILES string of the molecule is CCOC(=O)N1CCC2(CC1)c1cc(OC)c(OC)cc1CCN2C(=O)CCN(Cc1ccccc1)Cc1ccccc1. The third kappa shape index (κ3) is 6.80. The summed E-state index contributed by atoms with van der Waals surface area (Å²) in [7, 11) is 3.28. The van der Waals surface area contributed by atoms with Crippen LogP contribution in [-0.4, -0.2) is 73.7 Å². The fraction of sp³-hybridized carbons (Fsp3) is 0.429. The standard InChI is InChI=1S/C35H43N3O5/c1-4-43-34(40)37-21-17-35(18-22-37)30-24-32(42-3)31(41-2)23-29(30)15-20-38(35)33(39)16-19-36(25-27-11-7-5-8-12-27)26-28-13-9-6-10-14-28/h5-14,23-24H,4,15-22,25-26H2,1-3H3. The van der Waals surface area contributed by atoms with Crippen LogP contribution in [0.1, 0.15) is 48.4 Å². The van der Waals surface area contributed by atoms with E-state index in [1.165, 1.54) is 16.7 Å². The minimum atomic E-state index is -0.531. The van der Waals surface area contributed by atoms with Crippen LogP contribution in [-0.2, 0) is 34.6 Å². The Bertz CT molecular complexity index is 1330. The zero-order valence-corrected chi connectivity index (χ0v) is 25.6. The number of rotatable bonds is 10. The van der Waals surface area contributed by atoms with E-state index in [1.54, 1.807) is 19.1 Å². The molecular weight excluding hydrogens is 542 g/mol. The molecule has 0 saturated carbocycles. The molecule has 0 atom stereocenters. The second-order valence-corrected chi connectivity index (χ2v) is 11.3. The molecule has 43 heavy (non-hydrogen) atoms. The molecule has 1 saturated heterocycles. The molecule has 228 valence electrons. The van der Waals surface area contributed by atoms with Crippen molar-refractivity contribution in [2.45, 2.75) is 51.2 Å². The summed E-state index contributed by atoms with van der Waals surface area (Å²) in [5.74, 6) is 1.48. The van der Waals surface area contributed by atoms with E-state index in [2.05, 4.69) is 64.4 Å². The number of methoxy groups -OCH3 is 2. The number of fused-ring (bicyclic) bond motifs is 2. The summed E-state index contributed by atoms with van der Waals surface area (Å²) in [6.07, 6.45) is 2.13. The molecule has 8 nitrogen and oxygen atoms in total. The zero-order chi connectivity index (χ0) is 30.2. The van der Waals surface area contributed by atoms with Crippen LogP contribution in [0.5, 0.6) is 11.5 Å². The monoisotopic (exact) mass is 585 g/mol. The number of carbonyl (C=O) groups is 2. The lowest BCUT2D eigenvalue weighted by molar-refractivity contribution is -0.141. The van der Waals surface area contributed by atoms with Crippen molar-refractivity contribution in [3.8, 4) is 11.5 Å². The molecule has 3 aromatic rings. The van der Waals surface area contributed by atoms with Crippen LogP contribution in [0.4, 0.5) is 4.79 Å². The molecule has 3 aromatic carbocycles. The first-order valence-corrected chi connectivity index (χ1v) is 15.2. The average Bonchev–Trinajstić information content (AvgIpc) is 3.04. The number of amides is 2. The van der Waals surface area contributed by atoms with E-state index in [1.807, 2.05) is 25.1 Å². The highest BCUT2D eigenvalue weighted by Crippen LogP contribution is 2.47. The first-order chi connectivity index (χ1) is 21.0. The number of nitrogens with zero attached hydrogens (tertiary/aromatic N) is 3. The number of hydrogen-bond donors (Lipinski definition) is 0. The van der Waals surface area contributed by atoms with Gasteiger partial charge in [0.15, 0.2) is 11.5 Å². The lowest BCUT2D eigenvalue weighted by atomic mass is 9.73. The topological polar surface area (TPSA) is 71.5 Å². The van der Waals surface area contributed by atoms with Crippen LogP contribution in [0.2, 0.25) is 0 Å². The highest BCUT2D eigenvalue weighted by Gasteiger charge is 2.48. The third-order valence-electron chi connectivity index (χ3n) is 8.79. The van der Waals surface area contributed by atoms with Crippen molar-refractivity contribution in [1.29, 1.82) is 0 Å². The van der Waals surface area contributed by atoms with Gasteiger partial charge in [0.25, 0.3) is 0 Å². The van der Waals surface area contributed by atoms with Gasteiger partial charge in [-0.05, 0) is 60.6 Å².